The van der Waals surface area contributed by atoms with Crippen molar-refractivity contribution in [2.24, 2.45) is 0 Å². The Labute approximate surface area is 147 Å². The number of carbonyl (C=O) groups excluding carboxylic acids is 1. The molecule has 0 aliphatic carbocycles. The van der Waals surface area contributed by atoms with Gasteiger partial charge in [0.2, 0.25) is 5.91 Å². The van der Waals surface area contributed by atoms with E-state index in [-0.39, 0.29) is 5.91 Å². The molecule has 0 aliphatic heterocycles. The average molecular weight is 338 g/mol. The number of hydrogen-bond donors (Lipinski definition) is 1. The number of fused-ring (bicyclic) bond motifs is 1. The van der Waals surface area contributed by atoms with Gasteiger partial charge in [-0.1, -0.05) is 35.5 Å². The van der Waals surface area contributed by atoms with Crippen molar-refractivity contribution in [2.75, 3.05) is 13.2 Å². The average Bonchev–Trinajstić information content (AvgIpc) is 2.95. The Morgan fingerprint density at radius 1 is 1.16 bits per heavy atom. The van der Waals surface area contributed by atoms with Gasteiger partial charge in [-0.3, -0.25) is 4.79 Å². The summed E-state index contributed by atoms with van der Waals surface area (Å²) in [6.45, 7) is 4.68. The van der Waals surface area contributed by atoms with Crippen LogP contribution in [0.2, 0.25) is 0 Å². The Hall–Kier alpha value is -2.82. The van der Waals surface area contributed by atoms with E-state index < -0.39 is 0 Å². The zero-order chi connectivity index (χ0) is 17.6. The van der Waals surface area contributed by atoms with E-state index in [1.807, 2.05) is 44.2 Å². The molecule has 0 aliphatic rings. The number of nitrogens with zero attached hydrogens (tertiary/aromatic N) is 1. The standard InChI is InChI=1S/C20H22N2O3/c1-14-19(15(2)25-22-14)9-10-20(23)21-11-12-24-18-8-7-16-5-3-4-6-17(16)13-18/h3-8,13H,9-12H2,1-2H3,(H,21,23). The molecule has 0 atom stereocenters. The van der Waals surface area contributed by atoms with E-state index in [2.05, 4.69) is 22.6 Å². The lowest BCUT2D eigenvalue weighted by Gasteiger charge is -2.09. The second-order valence-corrected chi connectivity index (χ2v) is 6.01. The van der Waals surface area contributed by atoms with Crippen molar-refractivity contribution in [3.8, 4) is 5.75 Å². The molecular formula is C20H22N2O3. The van der Waals surface area contributed by atoms with E-state index in [0.29, 0.717) is 26.0 Å². The summed E-state index contributed by atoms with van der Waals surface area (Å²) in [5.74, 6) is 1.59. The van der Waals surface area contributed by atoms with Crippen LogP contribution in [0.1, 0.15) is 23.4 Å². The highest BCUT2D eigenvalue weighted by Gasteiger charge is 2.10. The Balaban J connectivity index is 1.41. The molecule has 1 N–H and O–H groups in total. The molecule has 3 rings (SSSR count). The van der Waals surface area contributed by atoms with Gasteiger partial charge in [0.25, 0.3) is 0 Å². The highest BCUT2D eigenvalue weighted by molar-refractivity contribution is 5.83. The van der Waals surface area contributed by atoms with Crippen molar-refractivity contribution in [3.63, 3.8) is 0 Å². The Morgan fingerprint density at radius 3 is 2.72 bits per heavy atom. The lowest BCUT2D eigenvalue weighted by atomic mass is 10.1. The van der Waals surface area contributed by atoms with Gasteiger partial charge in [0.15, 0.2) is 0 Å². The summed E-state index contributed by atoms with van der Waals surface area (Å²) in [5, 5.41) is 9.10. The lowest BCUT2D eigenvalue weighted by Crippen LogP contribution is -2.28. The molecule has 0 unspecified atom stereocenters. The third-order valence-corrected chi connectivity index (χ3v) is 4.20. The van der Waals surface area contributed by atoms with Crippen LogP contribution in [0.25, 0.3) is 10.8 Å². The minimum Gasteiger partial charge on any atom is -0.492 e. The molecule has 130 valence electrons. The summed E-state index contributed by atoms with van der Waals surface area (Å²) < 4.78 is 10.8. The van der Waals surface area contributed by atoms with Gasteiger partial charge in [0.05, 0.1) is 12.2 Å². The molecule has 0 radical (unpaired) electrons. The van der Waals surface area contributed by atoms with Gasteiger partial charge in [-0.25, -0.2) is 0 Å². The van der Waals surface area contributed by atoms with E-state index >= 15 is 0 Å². The number of benzene rings is 2. The van der Waals surface area contributed by atoms with E-state index in [1.165, 1.54) is 5.39 Å². The number of ether oxygens (including phenoxy) is 1. The molecule has 3 aromatic rings. The van der Waals surface area contributed by atoms with Crippen LogP contribution >= 0.6 is 0 Å². The van der Waals surface area contributed by atoms with E-state index in [9.17, 15) is 4.79 Å². The van der Waals surface area contributed by atoms with E-state index in [0.717, 1.165) is 28.2 Å². The quantitative estimate of drug-likeness (QED) is 0.669. The first kappa shape index (κ1) is 17.0. The molecule has 0 spiro atoms. The van der Waals surface area contributed by atoms with Crippen molar-refractivity contribution >= 4 is 16.7 Å². The van der Waals surface area contributed by atoms with Crippen LogP contribution in [0.5, 0.6) is 5.75 Å². The van der Waals surface area contributed by atoms with Crippen LogP contribution in [-0.4, -0.2) is 24.2 Å². The topological polar surface area (TPSA) is 64.4 Å². The number of amides is 1. The van der Waals surface area contributed by atoms with Crippen LogP contribution in [0, 0.1) is 13.8 Å². The Kier molecular flexibility index (Phi) is 5.33. The van der Waals surface area contributed by atoms with Gasteiger partial charge in [-0.05, 0) is 43.2 Å². The van der Waals surface area contributed by atoms with Crippen LogP contribution in [0.3, 0.4) is 0 Å². The second kappa shape index (κ2) is 7.83. The normalized spacial score (nSPS) is 10.8. The maximum absolute atomic E-state index is 11.9. The number of aryl methyl sites for hydroxylation is 2. The van der Waals surface area contributed by atoms with Crippen molar-refractivity contribution in [3.05, 3.63) is 59.5 Å². The number of carbonyl (C=O) groups is 1. The van der Waals surface area contributed by atoms with Crippen molar-refractivity contribution in [1.29, 1.82) is 0 Å². The highest BCUT2D eigenvalue weighted by Crippen LogP contribution is 2.20. The summed E-state index contributed by atoms with van der Waals surface area (Å²) in [7, 11) is 0. The van der Waals surface area contributed by atoms with Crippen LogP contribution in [0.15, 0.2) is 47.0 Å². The molecule has 25 heavy (non-hydrogen) atoms. The third-order valence-electron chi connectivity index (χ3n) is 4.20. The molecule has 5 heteroatoms. The fourth-order valence-electron chi connectivity index (χ4n) is 2.80. The minimum atomic E-state index is 0.00196. The number of aromatic nitrogens is 1. The Bertz CT molecular complexity index is 851. The first-order valence-corrected chi connectivity index (χ1v) is 8.43. The second-order valence-electron chi connectivity index (χ2n) is 6.01. The molecular weight excluding hydrogens is 316 g/mol. The first-order valence-electron chi connectivity index (χ1n) is 8.43. The van der Waals surface area contributed by atoms with Crippen LogP contribution in [-0.2, 0) is 11.2 Å². The Morgan fingerprint density at radius 2 is 1.96 bits per heavy atom. The fraction of sp³-hybridized carbons (Fsp3) is 0.300. The van der Waals surface area contributed by atoms with Crippen LogP contribution < -0.4 is 10.1 Å². The SMILES string of the molecule is Cc1noc(C)c1CCC(=O)NCCOc1ccc2ccccc2c1. The smallest absolute Gasteiger partial charge is 0.220 e. The van der Waals surface area contributed by atoms with Crippen molar-refractivity contribution in [1.82, 2.24) is 10.5 Å². The van der Waals surface area contributed by atoms with Gasteiger partial charge in [-0.15, -0.1) is 0 Å². The van der Waals surface area contributed by atoms with Crippen molar-refractivity contribution in [2.45, 2.75) is 26.7 Å². The molecule has 1 heterocycles. The molecule has 1 amide bonds. The minimum absolute atomic E-state index is 0.00196. The van der Waals surface area contributed by atoms with Gasteiger partial charge in [-0.2, -0.15) is 0 Å². The molecule has 0 saturated carbocycles. The lowest BCUT2D eigenvalue weighted by molar-refractivity contribution is -0.121. The maximum Gasteiger partial charge on any atom is 0.220 e. The van der Waals surface area contributed by atoms with Gasteiger partial charge < -0.3 is 14.6 Å². The number of nitrogens with one attached hydrogen (secondary N) is 1. The molecule has 2 aromatic carbocycles. The maximum atomic E-state index is 11.9. The van der Waals surface area contributed by atoms with E-state index in [4.69, 9.17) is 9.26 Å². The summed E-state index contributed by atoms with van der Waals surface area (Å²) in [4.78, 5) is 11.9. The van der Waals surface area contributed by atoms with E-state index in [1.54, 1.807) is 0 Å². The summed E-state index contributed by atoms with van der Waals surface area (Å²) in [5.41, 5.74) is 1.87. The molecule has 0 saturated heterocycles. The predicted molar refractivity (Wildman–Crippen MR) is 96.8 cm³/mol. The first-order chi connectivity index (χ1) is 12.1. The highest BCUT2D eigenvalue weighted by atomic mass is 16.5. The monoisotopic (exact) mass is 338 g/mol. The fourth-order valence-corrected chi connectivity index (χ4v) is 2.80. The number of hydrogen-bond acceptors (Lipinski definition) is 4. The molecule has 0 bridgehead atoms. The van der Waals surface area contributed by atoms with Crippen LogP contribution in [0.4, 0.5) is 0 Å². The zero-order valence-corrected chi connectivity index (χ0v) is 14.5. The van der Waals surface area contributed by atoms with Crippen molar-refractivity contribution < 1.29 is 14.1 Å². The summed E-state index contributed by atoms with van der Waals surface area (Å²) in [6.07, 6.45) is 1.05. The largest absolute Gasteiger partial charge is 0.492 e. The van der Waals surface area contributed by atoms with Gasteiger partial charge >= 0.3 is 0 Å². The number of rotatable bonds is 7. The molecule has 1 aromatic heterocycles. The molecule has 5 nitrogen and oxygen atoms in total. The van der Waals surface area contributed by atoms with Gasteiger partial charge in [0.1, 0.15) is 18.1 Å². The third kappa shape index (κ3) is 4.38. The van der Waals surface area contributed by atoms with Gasteiger partial charge in [0, 0.05) is 12.0 Å². The summed E-state index contributed by atoms with van der Waals surface area (Å²) >= 11 is 0. The predicted octanol–water partition coefficient (Wildman–Crippen LogP) is 3.57. The molecule has 0 fully saturated rings. The zero-order valence-electron chi connectivity index (χ0n) is 14.5. The summed E-state index contributed by atoms with van der Waals surface area (Å²) in [6, 6.07) is 14.1.